The van der Waals surface area contributed by atoms with Gasteiger partial charge in [-0.1, -0.05) is 0 Å². The zero-order chi connectivity index (χ0) is 15.6. The van der Waals surface area contributed by atoms with E-state index in [2.05, 4.69) is 10.3 Å². The molecule has 0 spiro atoms. The SMILES string of the molecule is CN(C)S(=O)(=O)c1ccncc1NC(=O)OC(C)(C)C. The number of nitrogens with zero attached hydrogens (tertiary/aromatic N) is 2. The molecule has 0 bridgehead atoms. The van der Waals surface area contributed by atoms with E-state index in [1.165, 1.54) is 32.6 Å². The zero-order valence-electron chi connectivity index (χ0n) is 12.2. The van der Waals surface area contributed by atoms with Crippen molar-refractivity contribution >= 4 is 21.8 Å². The number of ether oxygens (including phenoxy) is 1. The van der Waals surface area contributed by atoms with Gasteiger partial charge >= 0.3 is 6.09 Å². The van der Waals surface area contributed by atoms with Crippen molar-refractivity contribution in [2.45, 2.75) is 31.3 Å². The van der Waals surface area contributed by atoms with Crippen LogP contribution >= 0.6 is 0 Å². The minimum Gasteiger partial charge on any atom is -0.444 e. The summed E-state index contributed by atoms with van der Waals surface area (Å²) in [6.07, 6.45) is 1.87. The Labute approximate surface area is 119 Å². The molecule has 20 heavy (non-hydrogen) atoms. The van der Waals surface area contributed by atoms with Gasteiger partial charge < -0.3 is 4.74 Å². The van der Waals surface area contributed by atoms with Crippen LogP contribution in [0.25, 0.3) is 0 Å². The maximum atomic E-state index is 12.1. The second kappa shape index (κ2) is 5.76. The number of anilines is 1. The van der Waals surface area contributed by atoms with E-state index < -0.39 is 21.7 Å². The third-order valence-corrected chi connectivity index (χ3v) is 4.05. The number of amides is 1. The highest BCUT2D eigenvalue weighted by molar-refractivity contribution is 7.89. The predicted octanol–water partition coefficient (Wildman–Crippen LogP) is 1.68. The number of pyridine rings is 1. The summed E-state index contributed by atoms with van der Waals surface area (Å²) in [7, 11) is -0.854. The fourth-order valence-corrected chi connectivity index (χ4v) is 2.32. The standard InChI is InChI=1S/C12H19N3O4S/c1-12(2,3)19-11(16)14-9-8-13-7-6-10(9)20(17,18)15(4)5/h6-8H,1-5H3,(H,14,16). The van der Waals surface area contributed by atoms with Gasteiger partial charge in [-0.3, -0.25) is 10.3 Å². The smallest absolute Gasteiger partial charge is 0.412 e. The van der Waals surface area contributed by atoms with E-state index in [1.54, 1.807) is 20.8 Å². The fourth-order valence-electron chi connectivity index (χ4n) is 1.31. The molecule has 0 aliphatic heterocycles. The number of hydrogen-bond donors (Lipinski definition) is 1. The summed E-state index contributed by atoms with van der Waals surface area (Å²) in [6.45, 7) is 5.15. The Bertz CT molecular complexity index is 591. The Morgan fingerprint density at radius 1 is 1.35 bits per heavy atom. The molecule has 1 aromatic rings. The largest absolute Gasteiger partial charge is 0.444 e. The summed E-state index contributed by atoms with van der Waals surface area (Å²) in [5.41, 5.74) is -0.595. The molecule has 0 aliphatic rings. The normalized spacial score (nSPS) is 12.3. The van der Waals surface area contributed by atoms with E-state index in [0.29, 0.717) is 0 Å². The van der Waals surface area contributed by atoms with Gasteiger partial charge in [-0.2, -0.15) is 0 Å². The molecule has 0 fully saturated rings. The predicted molar refractivity (Wildman–Crippen MR) is 75.0 cm³/mol. The summed E-state index contributed by atoms with van der Waals surface area (Å²) < 4.78 is 30.4. The third kappa shape index (κ3) is 4.17. The second-order valence-electron chi connectivity index (χ2n) is 5.29. The van der Waals surface area contributed by atoms with Crippen LogP contribution in [0.4, 0.5) is 10.5 Å². The molecule has 112 valence electrons. The molecule has 0 unspecified atom stereocenters. The highest BCUT2D eigenvalue weighted by Gasteiger charge is 2.23. The van der Waals surface area contributed by atoms with Crippen molar-refractivity contribution in [3.8, 4) is 0 Å². The summed E-state index contributed by atoms with van der Waals surface area (Å²) >= 11 is 0. The number of rotatable bonds is 3. The van der Waals surface area contributed by atoms with E-state index in [9.17, 15) is 13.2 Å². The Morgan fingerprint density at radius 2 is 1.95 bits per heavy atom. The second-order valence-corrected chi connectivity index (χ2v) is 7.41. The molecule has 0 aliphatic carbocycles. The lowest BCUT2D eigenvalue weighted by Crippen LogP contribution is -2.29. The van der Waals surface area contributed by atoms with Crippen molar-refractivity contribution in [3.63, 3.8) is 0 Å². The van der Waals surface area contributed by atoms with Gasteiger partial charge in [0.1, 0.15) is 10.5 Å². The van der Waals surface area contributed by atoms with E-state index in [4.69, 9.17) is 4.74 Å². The molecule has 0 atom stereocenters. The molecule has 1 N–H and O–H groups in total. The van der Waals surface area contributed by atoms with Crippen LogP contribution in [-0.2, 0) is 14.8 Å². The number of aromatic nitrogens is 1. The van der Waals surface area contributed by atoms with Crippen LogP contribution in [0.1, 0.15) is 20.8 Å². The van der Waals surface area contributed by atoms with Crippen molar-refractivity contribution in [1.29, 1.82) is 0 Å². The third-order valence-electron chi connectivity index (χ3n) is 2.18. The van der Waals surface area contributed by atoms with Gasteiger partial charge in [-0.25, -0.2) is 17.5 Å². The monoisotopic (exact) mass is 301 g/mol. The molecule has 1 heterocycles. The number of nitrogens with one attached hydrogen (secondary N) is 1. The number of hydrogen-bond acceptors (Lipinski definition) is 5. The van der Waals surface area contributed by atoms with Crippen LogP contribution in [0.2, 0.25) is 0 Å². The average Bonchev–Trinajstić information content (AvgIpc) is 2.26. The van der Waals surface area contributed by atoms with E-state index >= 15 is 0 Å². The van der Waals surface area contributed by atoms with Crippen LogP contribution < -0.4 is 5.32 Å². The molecule has 8 heteroatoms. The topological polar surface area (TPSA) is 88.6 Å². The summed E-state index contributed by atoms with van der Waals surface area (Å²) in [5, 5.41) is 2.40. The number of sulfonamides is 1. The van der Waals surface area contributed by atoms with E-state index in [-0.39, 0.29) is 10.6 Å². The van der Waals surface area contributed by atoms with Crippen LogP contribution in [0.3, 0.4) is 0 Å². The first-order chi connectivity index (χ1) is 9.04. The van der Waals surface area contributed by atoms with Crippen molar-refractivity contribution in [2.24, 2.45) is 0 Å². The van der Waals surface area contributed by atoms with Crippen molar-refractivity contribution in [3.05, 3.63) is 18.5 Å². The Kier molecular flexibility index (Phi) is 4.72. The number of carbonyl (C=O) groups excluding carboxylic acids is 1. The molecule has 0 radical (unpaired) electrons. The first kappa shape index (κ1) is 16.4. The minimum atomic E-state index is -3.67. The molecule has 7 nitrogen and oxygen atoms in total. The van der Waals surface area contributed by atoms with Crippen LogP contribution in [0.15, 0.2) is 23.4 Å². The molecule has 0 saturated carbocycles. The van der Waals surface area contributed by atoms with E-state index in [1.807, 2.05) is 0 Å². The van der Waals surface area contributed by atoms with E-state index in [0.717, 1.165) is 4.31 Å². The fraction of sp³-hybridized carbons (Fsp3) is 0.500. The van der Waals surface area contributed by atoms with Crippen molar-refractivity contribution in [2.75, 3.05) is 19.4 Å². The van der Waals surface area contributed by atoms with Gasteiger partial charge in [0.05, 0.1) is 11.9 Å². The van der Waals surface area contributed by atoms with Gasteiger partial charge in [0.15, 0.2) is 0 Å². The molecule has 1 aromatic heterocycles. The lowest BCUT2D eigenvalue weighted by molar-refractivity contribution is 0.0635. The van der Waals surface area contributed by atoms with Gasteiger partial charge in [0.25, 0.3) is 0 Å². The quantitative estimate of drug-likeness (QED) is 0.917. The average molecular weight is 301 g/mol. The maximum Gasteiger partial charge on any atom is 0.412 e. The summed E-state index contributed by atoms with van der Waals surface area (Å²) in [5.74, 6) is 0. The van der Waals surface area contributed by atoms with Crippen molar-refractivity contribution < 1.29 is 17.9 Å². The molecule has 0 saturated heterocycles. The maximum absolute atomic E-state index is 12.1. The van der Waals surface area contributed by atoms with Gasteiger partial charge in [0.2, 0.25) is 10.0 Å². The highest BCUT2D eigenvalue weighted by atomic mass is 32.2. The van der Waals surface area contributed by atoms with Gasteiger partial charge in [-0.05, 0) is 26.8 Å². The van der Waals surface area contributed by atoms with Gasteiger partial charge in [-0.15, -0.1) is 0 Å². The van der Waals surface area contributed by atoms with Crippen LogP contribution in [0.5, 0.6) is 0 Å². The first-order valence-electron chi connectivity index (χ1n) is 5.90. The summed E-state index contributed by atoms with van der Waals surface area (Å²) in [6, 6.07) is 1.32. The molecule has 1 amide bonds. The van der Waals surface area contributed by atoms with Crippen molar-refractivity contribution in [1.82, 2.24) is 9.29 Å². The lowest BCUT2D eigenvalue weighted by atomic mass is 10.2. The molecular formula is C12H19N3O4S. The number of carbonyl (C=O) groups is 1. The van der Waals surface area contributed by atoms with Gasteiger partial charge in [0, 0.05) is 20.3 Å². The highest BCUT2D eigenvalue weighted by Crippen LogP contribution is 2.22. The first-order valence-corrected chi connectivity index (χ1v) is 7.34. The van der Waals surface area contributed by atoms with Crippen LogP contribution in [0, 0.1) is 0 Å². The minimum absolute atomic E-state index is 0.0386. The molecule has 1 rings (SSSR count). The Hall–Kier alpha value is -1.67. The zero-order valence-corrected chi connectivity index (χ0v) is 13.0. The lowest BCUT2D eigenvalue weighted by Gasteiger charge is -2.20. The summed E-state index contributed by atoms with van der Waals surface area (Å²) in [4.78, 5) is 15.5. The molecular weight excluding hydrogens is 282 g/mol. The molecule has 0 aromatic carbocycles. The van der Waals surface area contributed by atoms with Crippen LogP contribution in [-0.4, -0.2) is 43.5 Å². The Morgan fingerprint density at radius 3 is 2.45 bits per heavy atom. The Balaban J connectivity index is 3.07.